The summed E-state index contributed by atoms with van der Waals surface area (Å²) in [5, 5.41) is 8.14. The van der Waals surface area contributed by atoms with Gasteiger partial charge in [0.25, 0.3) is 0 Å². The minimum Gasteiger partial charge on any atom is -0.497 e. The molecule has 0 aromatic rings. The highest BCUT2D eigenvalue weighted by Gasteiger charge is 1.91. The molecule has 12 heavy (non-hydrogen) atoms. The molecule has 0 unspecified atom stereocenters. The van der Waals surface area contributed by atoms with Crippen LogP contribution < -0.4 is 11.2 Å². The topological polar surface area (TPSA) is 93.8 Å². The van der Waals surface area contributed by atoms with Crippen LogP contribution in [0.15, 0.2) is 12.5 Å². The summed E-state index contributed by atoms with van der Waals surface area (Å²) in [7, 11) is 0. The van der Waals surface area contributed by atoms with Gasteiger partial charge in [0.15, 0.2) is 0 Å². The SMILES string of the molecule is NCCOC=CONCC(=O)O. The van der Waals surface area contributed by atoms with Crippen LogP contribution in [0.25, 0.3) is 0 Å². The number of nitrogens with two attached hydrogens (primary N) is 1. The Bertz CT molecular complexity index is 148. The van der Waals surface area contributed by atoms with Gasteiger partial charge in [-0.2, -0.15) is 0 Å². The van der Waals surface area contributed by atoms with E-state index in [1.807, 2.05) is 0 Å². The van der Waals surface area contributed by atoms with E-state index in [0.717, 1.165) is 0 Å². The zero-order valence-corrected chi connectivity index (χ0v) is 6.53. The van der Waals surface area contributed by atoms with Gasteiger partial charge in [0, 0.05) is 6.54 Å². The molecule has 0 fully saturated rings. The largest absolute Gasteiger partial charge is 0.497 e. The lowest BCUT2D eigenvalue weighted by Crippen LogP contribution is -2.20. The summed E-state index contributed by atoms with van der Waals surface area (Å²) < 4.78 is 4.77. The van der Waals surface area contributed by atoms with Gasteiger partial charge in [-0.05, 0) is 0 Å². The molecule has 0 amide bonds. The minimum absolute atomic E-state index is 0.263. The molecule has 0 atom stereocenters. The monoisotopic (exact) mass is 176 g/mol. The predicted octanol–water partition coefficient (Wildman–Crippen LogP) is -0.961. The van der Waals surface area contributed by atoms with Gasteiger partial charge in [0.2, 0.25) is 0 Å². The second-order valence-electron chi connectivity index (χ2n) is 1.76. The van der Waals surface area contributed by atoms with Crippen LogP contribution in [0.3, 0.4) is 0 Å². The van der Waals surface area contributed by atoms with Crippen LogP contribution in [0.4, 0.5) is 0 Å². The summed E-state index contributed by atoms with van der Waals surface area (Å²) in [4.78, 5) is 14.4. The Morgan fingerprint density at radius 3 is 2.92 bits per heavy atom. The first-order valence-corrected chi connectivity index (χ1v) is 3.34. The van der Waals surface area contributed by atoms with E-state index < -0.39 is 5.97 Å². The Labute approximate surface area is 69.9 Å². The van der Waals surface area contributed by atoms with Crippen molar-refractivity contribution in [1.29, 1.82) is 0 Å². The molecule has 0 aromatic heterocycles. The third-order valence-corrected chi connectivity index (χ3v) is 0.762. The number of aliphatic carboxylic acids is 1. The minimum atomic E-state index is -0.994. The summed E-state index contributed by atoms with van der Waals surface area (Å²) >= 11 is 0. The number of carboxylic acid groups (broad SMARTS) is 1. The fraction of sp³-hybridized carbons (Fsp3) is 0.500. The van der Waals surface area contributed by atoms with Crippen molar-refractivity contribution in [2.24, 2.45) is 5.73 Å². The zero-order valence-electron chi connectivity index (χ0n) is 6.53. The fourth-order valence-corrected chi connectivity index (χ4v) is 0.355. The first kappa shape index (κ1) is 10.7. The second kappa shape index (κ2) is 7.83. The van der Waals surface area contributed by atoms with E-state index >= 15 is 0 Å². The van der Waals surface area contributed by atoms with Gasteiger partial charge in [0.1, 0.15) is 19.1 Å². The molecule has 0 aliphatic carbocycles. The molecule has 6 heteroatoms. The van der Waals surface area contributed by atoms with Gasteiger partial charge in [-0.15, -0.1) is 5.48 Å². The van der Waals surface area contributed by atoms with Crippen LogP contribution >= 0.6 is 0 Å². The molecule has 0 saturated carbocycles. The Balaban J connectivity index is 3.08. The third kappa shape index (κ3) is 8.73. The van der Waals surface area contributed by atoms with E-state index in [0.29, 0.717) is 13.2 Å². The predicted molar refractivity (Wildman–Crippen MR) is 40.9 cm³/mol. The smallest absolute Gasteiger partial charge is 0.320 e. The van der Waals surface area contributed by atoms with Crippen molar-refractivity contribution in [3.05, 3.63) is 12.5 Å². The molecule has 0 bridgehead atoms. The molecule has 0 saturated heterocycles. The van der Waals surface area contributed by atoms with Gasteiger partial charge < -0.3 is 20.4 Å². The highest BCUT2D eigenvalue weighted by atomic mass is 16.6. The fourth-order valence-electron chi connectivity index (χ4n) is 0.355. The van der Waals surface area contributed by atoms with Crippen LogP contribution in [-0.4, -0.2) is 30.8 Å². The van der Waals surface area contributed by atoms with Crippen molar-refractivity contribution >= 4 is 5.97 Å². The second-order valence-corrected chi connectivity index (χ2v) is 1.76. The number of hydrogen-bond acceptors (Lipinski definition) is 5. The average Bonchev–Trinajstić information content (AvgIpc) is 2.02. The summed E-state index contributed by atoms with van der Waals surface area (Å²) in [6, 6.07) is 0. The van der Waals surface area contributed by atoms with Gasteiger partial charge in [-0.25, -0.2) is 0 Å². The zero-order chi connectivity index (χ0) is 9.23. The maximum atomic E-state index is 9.92. The number of hydrogen-bond donors (Lipinski definition) is 3. The Hall–Kier alpha value is -1.27. The van der Waals surface area contributed by atoms with Crippen molar-refractivity contribution in [2.45, 2.75) is 0 Å². The van der Waals surface area contributed by atoms with Crippen molar-refractivity contribution in [1.82, 2.24) is 5.48 Å². The number of carbonyl (C=O) groups is 1. The highest BCUT2D eigenvalue weighted by molar-refractivity contribution is 5.68. The van der Waals surface area contributed by atoms with Crippen LogP contribution in [-0.2, 0) is 14.4 Å². The molecule has 6 nitrogen and oxygen atoms in total. The first-order valence-electron chi connectivity index (χ1n) is 3.34. The molecule has 0 aliphatic rings. The number of nitrogens with one attached hydrogen (secondary N) is 1. The molecule has 70 valence electrons. The number of rotatable bonds is 7. The lowest BCUT2D eigenvalue weighted by atomic mass is 10.7. The Kier molecular flexibility index (Phi) is 7.00. The van der Waals surface area contributed by atoms with Gasteiger partial charge in [-0.1, -0.05) is 0 Å². The molecular formula is C6H12N2O4. The van der Waals surface area contributed by atoms with Crippen LogP contribution in [0.2, 0.25) is 0 Å². The Morgan fingerprint density at radius 2 is 2.33 bits per heavy atom. The molecule has 0 radical (unpaired) electrons. The molecule has 0 heterocycles. The van der Waals surface area contributed by atoms with E-state index in [1.54, 1.807) is 0 Å². The van der Waals surface area contributed by atoms with Crippen molar-refractivity contribution < 1.29 is 19.5 Å². The molecular weight excluding hydrogens is 164 g/mol. The summed E-state index contributed by atoms with van der Waals surface area (Å²) in [5.41, 5.74) is 7.28. The Morgan fingerprint density at radius 1 is 1.58 bits per heavy atom. The molecule has 0 spiro atoms. The van der Waals surface area contributed by atoms with Crippen LogP contribution in [0.1, 0.15) is 0 Å². The summed E-state index contributed by atoms with van der Waals surface area (Å²) in [5.74, 6) is -0.994. The van der Waals surface area contributed by atoms with Crippen LogP contribution in [0.5, 0.6) is 0 Å². The van der Waals surface area contributed by atoms with E-state index in [-0.39, 0.29) is 6.54 Å². The standard InChI is InChI=1S/C6H12N2O4/c7-1-2-11-3-4-12-8-5-6(9)10/h3-4,8H,1-2,5,7H2,(H,9,10). The molecule has 4 N–H and O–H groups in total. The first-order chi connectivity index (χ1) is 5.77. The van der Waals surface area contributed by atoms with Crippen molar-refractivity contribution in [2.75, 3.05) is 19.7 Å². The van der Waals surface area contributed by atoms with E-state index in [2.05, 4.69) is 10.3 Å². The lowest BCUT2D eigenvalue weighted by molar-refractivity contribution is -0.137. The molecule has 0 aromatic carbocycles. The molecule has 0 aliphatic heterocycles. The lowest BCUT2D eigenvalue weighted by Gasteiger charge is -1.98. The summed E-state index contributed by atoms with van der Waals surface area (Å²) in [6.07, 6.45) is 2.47. The van der Waals surface area contributed by atoms with Gasteiger partial charge >= 0.3 is 5.97 Å². The number of ether oxygens (including phenoxy) is 1. The normalized spacial score (nSPS) is 10.1. The van der Waals surface area contributed by atoms with Gasteiger partial charge in [-0.3, -0.25) is 4.79 Å². The van der Waals surface area contributed by atoms with E-state index in [9.17, 15) is 4.79 Å². The maximum absolute atomic E-state index is 9.92. The quantitative estimate of drug-likeness (QED) is 0.263. The van der Waals surface area contributed by atoms with Crippen LogP contribution in [0, 0.1) is 0 Å². The average molecular weight is 176 g/mol. The molecule has 0 rings (SSSR count). The van der Waals surface area contributed by atoms with E-state index in [1.165, 1.54) is 12.5 Å². The van der Waals surface area contributed by atoms with Crippen molar-refractivity contribution in [3.8, 4) is 0 Å². The van der Waals surface area contributed by atoms with Gasteiger partial charge in [0.05, 0.1) is 6.61 Å². The van der Waals surface area contributed by atoms with E-state index in [4.69, 9.17) is 15.6 Å². The maximum Gasteiger partial charge on any atom is 0.320 e. The third-order valence-electron chi connectivity index (χ3n) is 0.762. The highest BCUT2D eigenvalue weighted by Crippen LogP contribution is 1.76. The summed E-state index contributed by atoms with van der Waals surface area (Å²) in [6.45, 7) is 0.562. The number of carboxylic acids is 1. The van der Waals surface area contributed by atoms with Crippen molar-refractivity contribution in [3.63, 3.8) is 0 Å². The number of hydroxylamine groups is 1.